The summed E-state index contributed by atoms with van der Waals surface area (Å²) in [5.41, 5.74) is 1.48. The van der Waals surface area contributed by atoms with Crippen LogP contribution < -0.4 is 20.1 Å². The minimum absolute atomic E-state index is 0.0456. The largest absolute Gasteiger partial charge is 0.496 e. The van der Waals surface area contributed by atoms with Gasteiger partial charge in [0, 0.05) is 43.8 Å². The molecular formula is C19H23FN2O3. The van der Waals surface area contributed by atoms with Crippen LogP contribution in [0.5, 0.6) is 11.5 Å². The van der Waals surface area contributed by atoms with Crippen LogP contribution in [0, 0.1) is 5.82 Å². The van der Waals surface area contributed by atoms with Crippen LogP contribution in [0.4, 0.5) is 4.39 Å². The van der Waals surface area contributed by atoms with Gasteiger partial charge < -0.3 is 20.1 Å². The first-order valence-electron chi connectivity index (χ1n) is 8.08. The number of methoxy groups -OCH3 is 1. The summed E-state index contributed by atoms with van der Waals surface area (Å²) in [4.78, 5) is 10.8. The van der Waals surface area contributed by atoms with Crippen molar-refractivity contribution in [2.75, 3.05) is 20.2 Å². The Morgan fingerprint density at radius 3 is 2.64 bits per heavy atom. The van der Waals surface area contributed by atoms with Crippen molar-refractivity contribution in [1.29, 1.82) is 0 Å². The number of amides is 1. The molecule has 6 heteroatoms. The summed E-state index contributed by atoms with van der Waals surface area (Å²) in [6.45, 7) is 3.49. The van der Waals surface area contributed by atoms with Crippen molar-refractivity contribution in [1.82, 2.24) is 10.6 Å². The lowest BCUT2D eigenvalue weighted by atomic mass is 10.2. The molecule has 0 aliphatic heterocycles. The predicted molar refractivity (Wildman–Crippen MR) is 94.1 cm³/mol. The number of benzene rings is 2. The van der Waals surface area contributed by atoms with Crippen LogP contribution >= 0.6 is 0 Å². The second-order valence-electron chi connectivity index (χ2n) is 5.51. The van der Waals surface area contributed by atoms with E-state index in [-0.39, 0.29) is 18.3 Å². The fourth-order valence-electron chi connectivity index (χ4n) is 2.29. The third-order valence-electron chi connectivity index (χ3n) is 3.60. The zero-order valence-corrected chi connectivity index (χ0v) is 14.5. The third-order valence-corrected chi connectivity index (χ3v) is 3.60. The summed E-state index contributed by atoms with van der Waals surface area (Å²) in [5, 5.41) is 5.95. The predicted octanol–water partition coefficient (Wildman–Crippen LogP) is 2.64. The zero-order valence-electron chi connectivity index (χ0n) is 14.5. The van der Waals surface area contributed by atoms with Crippen molar-refractivity contribution < 1.29 is 18.7 Å². The van der Waals surface area contributed by atoms with E-state index >= 15 is 0 Å². The fourth-order valence-corrected chi connectivity index (χ4v) is 2.29. The molecule has 0 aliphatic rings. The van der Waals surface area contributed by atoms with Crippen LogP contribution in [-0.2, 0) is 17.9 Å². The number of ether oxygens (including phenoxy) is 2. The highest BCUT2D eigenvalue weighted by molar-refractivity contribution is 5.72. The minimum Gasteiger partial charge on any atom is -0.496 e. The van der Waals surface area contributed by atoms with Gasteiger partial charge in [-0.05, 0) is 12.1 Å². The maximum absolute atomic E-state index is 13.6. The van der Waals surface area contributed by atoms with E-state index in [0.29, 0.717) is 36.7 Å². The Balaban J connectivity index is 1.89. The Kier molecular flexibility index (Phi) is 7.22. The molecule has 5 nitrogen and oxygen atoms in total. The summed E-state index contributed by atoms with van der Waals surface area (Å²) in [6.07, 6.45) is 0. The minimum atomic E-state index is -0.283. The molecule has 134 valence electrons. The molecule has 0 saturated heterocycles. The van der Waals surface area contributed by atoms with Gasteiger partial charge in [0.25, 0.3) is 0 Å². The molecule has 0 fully saturated rings. The molecule has 0 atom stereocenters. The molecule has 2 rings (SSSR count). The molecule has 1 amide bonds. The highest BCUT2D eigenvalue weighted by Crippen LogP contribution is 2.25. The van der Waals surface area contributed by atoms with Gasteiger partial charge in [-0.1, -0.05) is 24.3 Å². The van der Waals surface area contributed by atoms with E-state index in [1.165, 1.54) is 13.0 Å². The van der Waals surface area contributed by atoms with Gasteiger partial charge in [0.1, 0.15) is 23.9 Å². The van der Waals surface area contributed by atoms with Crippen molar-refractivity contribution in [2.24, 2.45) is 0 Å². The van der Waals surface area contributed by atoms with Gasteiger partial charge in [-0.15, -0.1) is 0 Å². The molecule has 0 aliphatic carbocycles. The van der Waals surface area contributed by atoms with E-state index in [1.54, 1.807) is 31.4 Å². The molecule has 2 aromatic carbocycles. The SMILES string of the molecule is COc1cc(OCc2ccccc2F)ccc1CNCCNC(C)=O. The molecule has 0 unspecified atom stereocenters. The van der Waals surface area contributed by atoms with Crippen molar-refractivity contribution in [3.63, 3.8) is 0 Å². The highest BCUT2D eigenvalue weighted by Gasteiger charge is 2.07. The summed E-state index contributed by atoms with van der Waals surface area (Å²) in [7, 11) is 1.59. The van der Waals surface area contributed by atoms with E-state index in [0.717, 1.165) is 5.56 Å². The summed E-state index contributed by atoms with van der Waals surface area (Å²) < 4.78 is 24.7. The molecular weight excluding hydrogens is 323 g/mol. The first kappa shape index (κ1) is 18.7. The smallest absolute Gasteiger partial charge is 0.216 e. The number of rotatable bonds is 9. The van der Waals surface area contributed by atoms with Crippen molar-refractivity contribution in [3.8, 4) is 11.5 Å². The number of hydrogen-bond acceptors (Lipinski definition) is 4. The molecule has 0 saturated carbocycles. The number of carbonyl (C=O) groups excluding carboxylic acids is 1. The molecule has 0 bridgehead atoms. The van der Waals surface area contributed by atoms with Gasteiger partial charge in [-0.2, -0.15) is 0 Å². The van der Waals surface area contributed by atoms with E-state index in [2.05, 4.69) is 10.6 Å². The van der Waals surface area contributed by atoms with E-state index < -0.39 is 0 Å². The lowest BCUT2D eigenvalue weighted by Crippen LogP contribution is -2.29. The van der Waals surface area contributed by atoms with Crippen LogP contribution in [0.25, 0.3) is 0 Å². The lowest BCUT2D eigenvalue weighted by Gasteiger charge is -2.13. The normalized spacial score (nSPS) is 10.4. The molecule has 2 aromatic rings. The Hall–Kier alpha value is -2.60. The third kappa shape index (κ3) is 6.08. The number of carbonyl (C=O) groups is 1. The Morgan fingerprint density at radius 1 is 1.12 bits per heavy atom. The second-order valence-corrected chi connectivity index (χ2v) is 5.51. The van der Waals surface area contributed by atoms with E-state index in [4.69, 9.17) is 9.47 Å². The Morgan fingerprint density at radius 2 is 1.92 bits per heavy atom. The molecule has 0 heterocycles. The average Bonchev–Trinajstić information content (AvgIpc) is 2.61. The van der Waals surface area contributed by atoms with Crippen molar-refractivity contribution in [3.05, 3.63) is 59.4 Å². The zero-order chi connectivity index (χ0) is 18.1. The number of nitrogens with one attached hydrogen (secondary N) is 2. The Bertz CT molecular complexity index is 707. The number of hydrogen-bond donors (Lipinski definition) is 2. The number of halogens is 1. The first-order chi connectivity index (χ1) is 12.1. The van der Waals surface area contributed by atoms with Crippen molar-refractivity contribution in [2.45, 2.75) is 20.1 Å². The van der Waals surface area contributed by atoms with Crippen LogP contribution in [0.2, 0.25) is 0 Å². The summed E-state index contributed by atoms with van der Waals surface area (Å²) >= 11 is 0. The molecule has 25 heavy (non-hydrogen) atoms. The van der Waals surface area contributed by atoms with E-state index in [1.807, 2.05) is 12.1 Å². The molecule has 0 aromatic heterocycles. The molecule has 2 N–H and O–H groups in total. The van der Waals surface area contributed by atoms with Crippen LogP contribution in [0.3, 0.4) is 0 Å². The molecule has 0 radical (unpaired) electrons. The van der Waals surface area contributed by atoms with Crippen molar-refractivity contribution >= 4 is 5.91 Å². The summed E-state index contributed by atoms with van der Waals surface area (Å²) in [5.74, 6) is 0.977. The van der Waals surface area contributed by atoms with Crippen LogP contribution in [-0.4, -0.2) is 26.1 Å². The second kappa shape index (κ2) is 9.64. The first-order valence-corrected chi connectivity index (χ1v) is 8.08. The monoisotopic (exact) mass is 346 g/mol. The van der Waals surface area contributed by atoms with Crippen LogP contribution in [0.15, 0.2) is 42.5 Å². The highest BCUT2D eigenvalue weighted by atomic mass is 19.1. The van der Waals surface area contributed by atoms with Gasteiger partial charge >= 0.3 is 0 Å². The van der Waals surface area contributed by atoms with Gasteiger partial charge in [0.05, 0.1) is 7.11 Å². The topological polar surface area (TPSA) is 59.6 Å². The van der Waals surface area contributed by atoms with Crippen LogP contribution in [0.1, 0.15) is 18.1 Å². The Labute approximate surface area is 147 Å². The van der Waals surface area contributed by atoms with Gasteiger partial charge in [0.15, 0.2) is 0 Å². The standard InChI is InChI=1S/C19H23FN2O3/c1-14(23)22-10-9-21-12-15-7-8-17(11-19(15)24-2)25-13-16-5-3-4-6-18(16)20/h3-8,11,21H,9-10,12-13H2,1-2H3,(H,22,23). The maximum atomic E-state index is 13.6. The van der Waals surface area contributed by atoms with E-state index in [9.17, 15) is 9.18 Å². The fraction of sp³-hybridized carbons (Fsp3) is 0.316. The molecule has 0 spiro atoms. The maximum Gasteiger partial charge on any atom is 0.216 e. The van der Waals surface area contributed by atoms with Gasteiger partial charge in [-0.3, -0.25) is 4.79 Å². The lowest BCUT2D eigenvalue weighted by molar-refractivity contribution is -0.118. The van der Waals surface area contributed by atoms with Gasteiger partial charge in [-0.25, -0.2) is 4.39 Å². The summed E-state index contributed by atoms with van der Waals surface area (Å²) in [6, 6.07) is 12.0. The van der Waals surface area contributed by atoms with Gasteiger partial charge in [0.2, 0.25) is 5.91 Å². The quantitative estimate of drug-likeness (QED) is 0.686. The average molecular weight is 346 g/mol.